The zero-order valence-corrected chi connectivity index (χ0v) is 14.2. The number of hydrogen-bond donors (Lipinski definition) is 1. The third-order valence-corrected chi connectivity index (χ3v) is 3.51. The molecule has 2 aromatic rings. The minimum absolute atomic E-state index is 0.0965. The van der Waals surface area contributed by atoms with Crippen LogP contribution in [0.3, 0.4) is 0 Å². The summed E-state index contributed by atoms with van der Waals surface area (Å²) in [4.78, 5) is 0. The van der Waals surface area contributed by atoms with Crippen LogP contribution in [0.2, 0.25) is 0 Å². The van der Waals surface area contributed by atoms with E-state index in [9.17, 15) is 5.11 Å². The molecule has 24 heavy (non-hydrogen) atoms. The van der Waals surface area contributed by atoms with Gasteiger partial charge in [-0.3, -0.25) is 0 Å². The molecule has 0 heterocycles. The topological polar surface area (TPSA) is 57.2 Å². The maximum absolute atomic E-state index is 9.81. The van der Waals surface area contributed by atoms with Gasteiger partial charge in [-0.05, 0) is 17.7 Å². The van der Waals surface area contributed by atoms with Gasteiger partial charge in [0.1, 0.15) is 17.2 Å². The highest BCUT2D eigenvalue weighted by Gasteiger charge is 2.10. The van der Waals surface area contributed by atoms with E-state index < -0.39 is 0 Å². The molecule has 127 valence electrons. The van der Waals surface area contributed by atoms with Crippen molar-refractivity contribution in [1.29, 1.82) is 0 Å². The number of aromatic hydroxyl groups is 1. The van der Waals surface area contributed by atoms with E-state index in [2.05, 4.69) is 0 Å². The predicted molar refractivity (Wildman–Crippen MR) is 93.2 cm³/mol. The van der Waals surface area contributed by atoms with Gasteiger partial charge in [0.15, 0.2) is 11.5 Å². The number of benzene rings is 2. The molecule has 0 bridgehead atoms. The molecule has 0 atom stereocenters. The van der Waals surface area contributed by atoms with E-state index in [1.807, 2.05) is 24.6 Å². The SMILES string of the molecule is COc1cc(OC)c(/C=C/[CH]c2ccc(OC)c(O)c2)c(OC)c1. The Morgan fingerprint density at radius 3 is 1.92 bits per heavy atom. The van der Waals surface area contributed by atoms with Gasteiger partial charge in [0.2, 0.25) is 0 Å². The fourth-order valence-corrected chi connectivity index (χ4v) is 2.26. The zero-order valence-electron chi connectivity index (χ0n) is 14.2. The molecule has 5 nitrogen and oxygen atoms in total. The first kappa shape index (κ1) is 17.5. The second-order valence-electron chi connectivity index (χ2n) is 4.90. The smallest absolute Gasteiger partial charge is 0.160 e. The number of methoxy groups -OCH3 is 4. The molecule has 2 rings (SSSR count). The van der Waals surface area contributed by atoms with Gasteiger partial charge in [0, 0.05) is 18.6 Å². The van der Waals surface area contributed by atoms with Gasteiger partial charge >= 0.3 is 0 Å². The highest BCUT2D eigenvalue weighted by molar-refractivity contribution is 5.67. The molecule has 0 aliphatic heterocycles. The summed E-state index contributed by atoms with van der Waals surface area (Å²) in [6, 6.07) is 8.78. The van der Waals surface area contributed by atoms with Crippen LogP contribution in [0.15, 0.2) is 36.4 Å². The van der Waals surface area contributed by atoms with Crippen LogP contribution in [0.1, 0.15) is 11.1 Å². The van der Waals surface area contributed by atoms with Gasteiger partial charge in [0.25, 0.3) is 0 Å². The lowest BCUT2D eigenvalue weighted by molar-refractivity contribution is 0.373. The van der Waals surface area contributed by atoms with Crippen molar-refractivity contribution in [3.05, 3.63) is 54.0 Å². The zero-order chi connectivity index (χ0) is 17.5. The van der Waals surface area contributed by atoms with Gasteiger partial charge in [-0.15, -0.1) is 0 Å². The van der Waals surface area contributed by atoms with Gasteiger partial charge < -0.3 is 24.1 Å². The van der Waals surface area contributed by atoms with Gasteiger partial charge in [-0.1, -0.05) is 18.2 Å². The summed E-state index contributed by atoms with van der Waals surface area (Å²) in [5.74, 6) is 2.49. The third kappa shape index (κ3) is 3.93. The van der Waals surface area contributed by atoms with Gasteiger partial charge in [-0.2, -0.15) is 0 Å². The lowest BCUT2D eigenvalue weighted by Gasteiger charge is -2.12. The fraction of sp³-hybridized carbons (Fsp3) is 0.211. The maximum Gasteiger partial charge on any atom is 0.160 e. The Morgan fingerprint density at radius 1 is 0.792 bits per heavy atom. The van der Waals surface area contributed by atoms with E-state index in [1.165, 1.54) is 7.11 Å². The Labute approximate surface area is 142 Å². The van der Waals surface area contributed by atoms with Crippen molar-refractivity contribution >= 4 is 6.08 Å². The molecular formula is C19H21O5. The van der Waals surface area contributed by atoms with Gasteiger partial charge in [0.05, 0.1) is 34.0 Å². The van der Waals surface area contributed by atoms with E-state index >= 15 is 0 Å². The van der Waals surface area contributed by atoms with Crippen LogP contribution in [0.25, 0.3) is 6.08 Å². The third-order valence-electron chi connectivity index (χ3n) is 3.51. The van der Waals surface area contributed by atoms with E-state index in [-0.39, 0.29) is 5.75 Å². The van der Waals surface area contributed by atoms with Crippen LogP contribution >= 0.6 is 0 Å². The van der Waals surface area contributed by atoms with E-state index in [0.29, 0.717) is 23.0 Å². The normalized spacial score (nSPS) is 10.7. The highest BCUT2D eigenvalue weighted by Crippen LogP contribution is 2.35. The standard InChI is InChI=1S/C19H21O5/c1-21-14-11-18(23-3)15(19(12-14)24-4)7-5-6-13-8-9-17(22-2)16(20)10-13/h5-12,20H,1-4H3/b7-5+. The first-order chi connectivity index (χ1) is 11.6. The van der Waals surface area contributed by atoms with Crippen molar-refractivity contribution < 1.29 is 24.1 Å². The molecule has 0 saturated heterocycles. The van der Waals surface area contributed by atoms with Crippen molar-refractivity contribution in [2.75, 3.05) is 28.4 Å². The first-order valence-corrected chi connectivity index (χ1v) is 7.31. The summed E-state index contributed by atoms with van der Waals surface area (Å²) in [5, 5.41) is 9.81. The number of rotatable bonds is 7. The van der Waals surface area contributed by atoms with Crippen LogP contribution in [-0.2, 0) is 0 Å². The number of hydrogen-bond acceptors (Lipinski definition) is 5. The van der Waals surface area contributed by atoms with Crippen LogP contribution in [0, 0.1) is 6.42 Å². The Morgan fingerprint density at radius 2 is 1.42 bits per heavy atom. The monoisotopic (exact) mass is 329 g/mol. The minimum atomic E-state index is 0.0965. The molecule has 2 aromatic carbocycles. The van der Waals surface area contributed by atoms with Crippen molar-refractivity contribution in [1.82, 2.24) is 0 Å². The van der Waals surface area contributed by atoms with Crippen LogP contribution in [0.5, 0.6) is 28.7 Å². The molecule has 0 unspecified atom stereocenters. The Bertz CT molecular complexity index is 697. The average Bonchev–Trinajstić information content (AvgIpc) is 2.61. The summed E-state index contributed by atoms with van der Waals surface area (Å²) in [6.07, 6.45) is 5.59. The van der Waals surface area contributed by atoms with Crippen LogP contribution < -0.4 is 18.9 Å². The van der Waals surface area contributed by atoms with Crippen molar-refractivity contribution in [3.8, 4) is 28.7 Å². The van der Waals surface area contributed by atoms with Crippen LogP contribution in [-0.4, -0.2) is 33.5 Å². The molecule has 5 heteroatoms. The first-order valence-electron chi connectivity index (χ1n) is 7.31. The largest absolute Gasteiger partial charge is 0.504 e. The van der Waals surface area contributed by atoms with E-state index in [4.69, 9.17) is 18.9 Å². The molecule has 0 aliphatic carbocycles. The van der Waals surface area contributed by atoms with Crippen molar-refractivity contribution in [2.45, 2.75) is 0 Å². The Balaban J connectivity index is 2.23. The predicted octanol–water partition coefficient (Wildman–Crippen LogP) is 3.69. The summed E-state index contributed by atoms with van der Waals surface area (Å²) in [5.41, 5.74) is 1.64. The van der Waals surface area contributed by atoms with Crippen molar-refractivity contribution in [3.63, 3.8) is 0 Å². The quantitative estimate of drug-likeness (QED) is 0.839. The molecule has 0 fully saturated rings. The van der Waals surface area contributed by atoms with Crippen LogP contribution in [0.4, 0.5) is 0 Å². The molecule has 0 aliphatic rings. The second kappa shape index (κ2) is 8.15. The Kier molecular flexibility index (Phi) is 5.95. The highest BCUT2D eigenvalue weighted by atomic mass is 16.5. The lowest BCUT2D eigenvalue weighted by Crippen LogP contribution is -1.94. The molecule has 0 amide bonds. The number of phenols is 1. The summed E-state index contributed by atoms with van der Waals surface area (Å²) in [6.45, 7) is 0. The Hall–Kier alpha value is -2.82. The second-order valence-corrected chi connectivity index (χ2v) is 4.90. The summed E-state index contributed by atoms with van der Waals surface area (Å²) >= 11 is 0. The molecule has 0 saturated carbocycles. The molecule has 0 spiro atoms. The summed E-state index contributed by atoms with van der Waals surface area (Å²) < 4.78 is 21.1. The minimum Gasteiger partial charge on any atom is -0.504 e. The van der Waals surface area contributed by atoms with Crippen molar-refractivity contribution in [2.24, 2.45) is 0 Å². The number of allylic oxidation sites excluding steroid dienone is 1. The van der Waals surface area contributed by atoms with E-state index in [0.717, 1.165) is 11.1 Å². The molecular weight excluding hydrogens is 308 g/mol. The summed E-state index contributed by atoms with van der Waals surface area (Å²) in [7, 11) is 6.29. The van der Waals surface area contributed by atoms with Gasteiger partial charge in [-0.25, -0.2) is 0 Å². The number of ether oxygens (including phenoxy) is 4. The van der Waals surface area contributed by atoms with E-state index in [1.54, 1.807) is 45.6 Å². The number of phenolic OH excluding ortho intramolecular Hbond substituents is 1. The molecule has 0 aromatic heterocycles. The molecule has 1 N–H and O–H groups in total. The lowest BCUT2D eigenvalue weighted by atomic mass is 10.1. The molecule has 1 radical (unpaired) electrons. The fourth-order valence-electron chi connectivity index (χ4n) is 2.26. The average molecular weight is 329 g/mol. The maximum atomic E-state index is 9.81.